The van der Waals surface area contributed by atoms with Gasteiger partial charge in [-0.1, -0.05) is 25.5 Å². The first kappa shape index (κ1) is 8.38. The summed E-state index contributed by atoms with van der Waals surface area (Å²) in [6, 6.07) is 0. The first-order chi connectivity index (χ1) is 4.96. The van der Waals surface area contributed by atoms with Crippen molar-refractivity contribution in [3.63, 3.8) is 0 Å². The van der Waals surface area contributed by atoms with Crippen molar-refractivity contribution in [2.75, 3.05) is 0 Å². The molecule has 11 heavy (non-hydrogen) atoms. The number of allylic oxidation sites excluding steroid dienone is 4. The van der Waals surface area contributed by atoms with Gasteiger partial charge in [-0.3, -0.25) is 0 Å². The average molecular weight is 152 g/mol. The second-order valence-corrected chi connectivity index (χ2v) is 3.78. The Kier molecular flexibility index (Phi) is 1.83. The lowest BCUT2D eigenvalue weighted by Crippen LogP contribution is -2.12. The Hall–Kier alpha value is -0.720. The minimum Gasteiger partial charge on any atom is -0.513 e. The van der Waals surface area contributed by atoms with Gasteiger partial charge in [0.25, 0.3) is 0 Å². The topological polar surface area (TPSA) is 20.2 Å². The summed E-state index contributed by atoms with van der Waals surface area (Å²) in [7, 11) is 0. The molecule has 1 N–H and O–H groups in total. The second kappa shape index (κ2) is 2.40. The molecule has 0 aromatic heterocycles. The van der Waals surface area contributed by atoms with E-state index in [2.05, 4.69) is 26.8 Å². The SMILES string of the molecule is CC1=CC/C(=C(\C)O)C1(C)C. The van der Waals surface area contributed by atoms with Gasteiger partial charge >= 0.3 is 0 Å². The van der Waals surface area contributed by atoms with E-state index in [9.17, 15) is 5.11 Å². The predicted octanol–water partition coefficient (Wildman–Crippen LogP) is 3.19. The summed E-state index contributed by atoms with van der Waals surface area (Å²) in [5.41, 5.74) is 2.61. The number of hydrogen-bond donors (Lipinski definition) is 1. The number of aliphatic hydroxyl groups is 1. The molecule has 0 radical (unpaired) electrons. The van der Waals surface area contributed by atoms with Crippen LogP contribution < -0.4 is 0 Å². The first-order valence-corrected chi connectivity index (χ1v) is 4.02. The van der Waals surface area contributed by atoms with E-state index in [0.29, 0.717) is 5.76 Å². The Balaban J connectivity index is 3.06. The van der Waals surface area contributed by atoms with E-state index < -0.39 is 0 Å². The van der Waals surface area contributed by atoms with Crippen molar-refractivity contribution < 1.29 is 5.11 Å². The van der Waals surface area contributed by atoms with E-state index in [-0.39, 0.29) is 5.41 Å². The molecule has 0 fully saturated rings. The standard InChI is InChI=1S/C10H16O/c1-7-5-6-9(8(2)11)10(7,3)4/h5,11H,6H2,1-4H3/b9-8-. The van der Waals surface area contributed by atoms with Crippen molar-refractivity contribution in [1.29, 1.82) is 0 Å². The Morgan fingerprint density at radius 1 is 1.55 bits per heavy atom. The van der Waals surface area contributed by atoms with E-state index in [1.54, 1.807) is 6.92 Å². The Labute approximate surface area is 68.4 Å². The zero-order chi connectivity index (χ0) is 8.65. The Bertz CT molecular complexity index is 227. The highest BCUT2D eigenvalue weighted by atomic mass is 16.3. The van der Waals surface area contributed by atoms with Gasteiger partial charge in [0.15, 0.2) is 0 Å². The van der Waals surface area contributed by atoms with Crippen molar-refractivity contribution >= 4 is 0 Å². The molecule has 1 heteroatoms. The maximum atomic E-state index is 9.35. The van der Waals surface area contributed by atoms with E-state index in [1.807, 2.05) is 0 Å². The third-order valence-corrected chi connectivity index (χ3v) is 2.79. The number of aliphatic hydroxyl groups excluding tert-OH is 1. The van der Waals surface area contributed by atoms with Gasteiger partial charge in [-0.05, 0) is 25.8 Å². The Morgan fingerprint density at radius 3 is 2.27 bits per heavy atom. The lowest BCUT2D eigenvalue weighted by molar-refractivity contribution is 0.384. The van der Waals surface area contributed by atoms with Crippen LogP contribution in [0.2, 0.25) is 0 Å². The van der Waals surface area contributed by atoms with Gasteiger partial charge in [-0.2, -0.15) is 0 Å². The van der Waals surface area contributed by atoms with Crippen molar-refractivity contribution in [1.82, 2.24) is 0 Å². The fourth-order valence-electron chi connectivity index (χ4n) is 1.60. The van der Waals surface area contributed by atoms with Gasteiger partial charge in [0.05, 0.1) is 5.76 Å². The van der Waals surface area contributed by atoms with Crippen LogP contribution >= 0.6 is 0 Å². The quantitative estimate of drug-likeness (QED) is 0.417. The molecular weight excluding hydrogens is 136 g/mol. The highest BCUT2D eigenvalue weighted by Gasteiger charge is 2.30. The van der Waals surface area contributed by atoms with Crippen LogP contribution in [0.3, 0.4) is 0 Å². The van der Waals surface area contributed by atoms with Crippen LogP contribution in [0.25, 0.3) is 0 Å². The lowest BCUT2D eigenvalue weighted by atomic mass is 9.82. The van der Waals surface area contributed by atoms with Gasteiger partial charge in [-0.15, -0.1) is 0 Å². The van der Waals surface area contributed by atoms with Crippen molar-refractivity contribution in [3.05, 3.63) is 23.0 Å². The van der Waals surface area contributed by atoms with Crippen LogP contribution in [-0.4, -0.2) is 5.11 Å². The molecule has 0 saturated heterocycles. The van der Waals surface area contributed by atoms with Gasteiger partial charge in [0, 0.05) is 5.41 Å². The highest BCUT2D eigenvalue weighted by molar-refractivity contribution is 5.35. The molecule has 0 spiro atoms. The van der Waals surface area contributed by atoms with E-state index in [4.69, 9.17) is 0 Å². The Morgan fingerprint density at radius 2 is 2.09 bits per heavy atom. The molecule has 0 heterocycles. The molecule has 1 aliphatic rings. The largest absolute Gasteiger partial charge is 0.513 e. The van der Waals surface area contributed by atoms with Crippen molar-refractivity contribution in [2.24, 2.45) is 5.41 Å². The van der Waals surface area contributed by atoms with Gasteiger partial charge < -0.3 is 5.11 Å². The van der Waals surface area contributed by atoms with Crippen LogP contribution in [0.5, 0.6) is 0 Å². The summed E-state index contributed by atoms with van der Waals surface area (Å²) >= 11 is 0. The zero-order valence-electron chi connectivity index (χ0n) is 7.73. The van der Waals surface area contributed by atoms with Crippen LogP contribution in [0.4, 0.5) is 0 Å². The fourth-order valence-corrected chi connectivity index (χ4v) is 1.60. The summed E-state index contributed by atoms with van der Waals surface area (Å²) in [6.07, 6.45) is 3.11. The third kappa shape index (κ3) is 1.20. The molecule has 1 rings (SSSR count). The number of hydrogen-bond acceptors (Lipinski definition) is 1. The van der Waals surface area contributed by atoms with E-state index >= 15 is 0 Å². The molecule has 1 aliphatic carbocycles. The average Bonchev–Trinajstić information content (AvgIpc) is 2.08. The zero-order valence-corrected chi connectivity index (χ0v) is 7.73. The summed E-state index contributed by atoms with van der Waals surface area (Å²) in [4.78, 5) is 0. The summed E-state index contributed by atoms with van der Waals surface area (Å²) < 4.78 is 0. The second-order valence-electron chi connectivity index (χ2n) is 3.78. The third-order valence-electron chi connectivity index (χ3n) is 2.79. The molecule has 0 atom stereocenters. The number of rotatable bonds is 0. The van der Waals surface area contributed by atoms with Gasteiger partial charge in [0.1, 0.15) is 0 Å². The maximum absolute atomic E-state index is 9.35. The normalized spacial score (nSPS) is 26.7. The van der Waals surface area contributed by atoms with Crippen LogP contribution in [0.15, 0.2) is 23.0 Å². The summed E-state index contributed by atoms with van der Waals surface area (Å²) in [6.45, 7) is 8.20. The molecule has 1 nitrogen and oxygen atoms in total. The molecular formula is C10H16O. The maximum Gasteiger partial charge on any atom is 0.0895 e. The fraction of sp³-hybridized carbons (Fsp3) is 0.600. The monoisotopic (exact) mass is 152 g/mol. The predicted molar refractivity (Wildman–Crippen MR) is 47.5 cm³/mol. The smallest absolute Gasteiger partial charge is 0.0895 e. The van der Waals surface area contributed by atoms with Crippen molar-refractivity contribution in [3.8, 4) is 0 Å². The molecule has 0 saturated carbocycles. The van der Waals surface area contributed by atoms with Gasteiger partial charge in [0.2, 0.25) is 0 Å². The molecule has 0 aromatic rings. The molecule has 0 amide bonds. The summed E-state index contributed by atoms with van der Waals surface area (Å²) in [5.74, 6) is 0.489. The molecule has 0 bridgehead atoms. The molecule has 0 aliphatic heterocycles. The molecule has 62 valence electrons. The van der Waals surface area contributed by atoms with E-state index in [0.717, 1.165) is 12.0 Å². The first-order valence-electron chi connectivity index (χ1n) is 4.02. The minimum atomic E-state index is 0.0822. The van der Waals surface area contributed by atoms with Gasteiger partial charge in [-0.25, -0.2) is 0 Å². The summed E-state index contributed by atoms with van der Waals surface area (Å²) in [5, 5.41) is 9.35. The van der Waals surface area contributed by atoms with E-state index in [1.165, 1.54) is 5.57 Å². The minimum absolute atomic E-state index is 0.0822. The van der Waals surface area contributed by atoms with Crippen molar-refractivity contribution in [2.45, 2.75) is 34.1 Å². The highest BCUT2D eigenvalue weighted by Crippen LogP contribution is 2.43. The molecule has 0 unspecified atom stereocenters. The van der Waals surface area contributed by atoms with Crippen LogP contribution in [0.1, 0.15) is 34.1 Å². The lowest BCUT2D eigenvalue weighted by Gasteiger charge is -2.23. The molecule has 0 aromatic carbocycles. The van der Waals surface area contributed by atoms with Crippen LogP contribution in [-0.2, 0) is 0 Å². The van der Waals surface area contributed by atoms with Crippen LogP contribution in [0, 0.1) is 5.41 Å².